The summed E-state index contributed by atoms with van der Waals surface area (Å²) < 4.78 is 12.3. The highest BCUT2D eigenvalue weighted by atomic mass is 35.5. The SMILES string of the molecule is Cc1ccc(N)cc1S(=O)Cc1cccc(Cl)c1. The molecular formula is C14H14ClNOS. The van der Waals surface area contributed by atoms with Crippen molar-refractivity contribution in [1.82, 2.24) is 0 Å². The van der Waals surface area contributed by atoms with E-state index in [4.69, 9.17) is 17.3 Å². The normalized spacial score (nSPS) is 12.3. The lowest BCUT2D eigenvalue weighted by Gasteiger charge is -2.07. The first-order valence-electron chi connectivity index (χ1n) is 5.55. The maximum absolute atomic E-state index is 12.3. The second-order valence-corrected chi connectivity index (χ2v) is 6.00. The molecule has 4 heteroatoms. The molecule has 0 bridgehead atoms. The summed E-state index contributed by atoms with van der Waals surface area (Å²) in [6.45, 7) is 1.94. The van der Waals surface area contributed by atoms with Crippen LogP contribution in [-0.4, -0.2) is 4.21 Å². The third kappa shape index (κ3) is 3.12. The zero-order valence-corrected chi connectivity index (χ0v) is 11.6. The minimum Gasteiger partial charge on any atom is -0.399 e. The van der Waals surface area contributed by atoms with Crippen molar-refractivity contribution in [3.8, 4) is 0 Å². The molecule has 0 amide bonds. The van der Waals surface area contributed by atoms with E-state index < -0.39 is 10.8 Å². The molecule has 2 nitrogen and oxygen atoms in total. The molecule has 0 radical (unpaired) electrons. The fraction of sp³-hybridized carbons (Fsp3) is 0.143. The molecule has 2 aromatic carbocycles. The first-order valence-corrected chi connectivity index (χ1v) is 7.25. The van der Waals surface area contributed by atoms with E-state index in [1.54, 1.807) is 12.1 Å². The predicted octanol–water partition coefficient (Wildman–Crippen LogP) is 3.54. The summed E-state index contributed by atoms with van der Waals surface area (Å²) in [6.07, 6.45) is 0. The summed E-state index contributed by atoms with van der Waals surface area (Å²) in [5.74, 6) is 0.449. The first kappa shape index (κ1) is 13.1. The van der Waals surface area contributed by atoms with E-state index in [1.165, 1.54) is 0 Å². The van der Waals surface area contributed by atoms with E-state index in [-0.39, 0.29) is 0 Å². The van der Waals surface area contributed by atoms with Gasteiger partial charge in [-0.15, -0.1) is 0 Å². The van der Waals surface area contributed by atoms with Gasteiger partial charge in [0, 0.05) is 15.6 Å². The summed E-state index contributed by atoms with van der Waals surface area (Å²) in [5.41, 5.74) is 8.31. The molecule has 0 aliphatic carbocycles. The Morgan fingerprint density at radius 1 is 1.22 bits per heavy atom. The van der Waals surface area contributed by atoms with Crippen LogP contribution in [0.15, 0.2) is 47.4 Å². The van der Waals surface area contributed by atoms with E-state index in [1.807, 2.05) is 37.3 Å². The number of benzene rings is 2. The predicted molar refractivity (Wildman–Crippen MR) is 77.2 cm³/mol. The minimum atomic E-state index is -1.10. The molecule has 0 fully saturated rings. The molecule has 1 atom stereocenters. The standard InChI is InChI=1S/C14H14ClNOS/c1-10-5-6-13(16)8-14(10)18(17)9-11-3-2-4-12(15)7-11/h2-8H,9,16H2,1H3. The van der Waals surface area contributed by atoms with Crippen molar-refractivity contribution in [3.05, 3.63) is 58.6 Å². The van der Waals surface area contributed by atoms with Crippen molar-refractivity contribution < 1.29 is 4.21 Å². The van der Waals surface area contributed by atoms with Crippen molar-refractivity contribution in [2.75, 3.05) is 5.73 Å². The van der Waals surface area contributed by atoms with E-state index in [9.17, 15) is 4.21 Å². The minimum absolute atomic E-state index is 0.449. The maximum Gasteiger partial charge on any atom is 0.0577 e. The molecule has 0 saturated heterocycles. The van der Waals surface area contributed by atoms with Crippen LogP contribution in [0.5, 0.6) is 0 Å². The Morgan fingerprint density at radius 3 is 2.72 bits per heavy atom. The second-order valence-electron chi connectivity index (χ2n) is 4.14. The van der Waals surface area contributed by atoms with Gasteiger partial charge in [0.2, 0.25) is 0 Å². The highest BCUT2D eigenvalue weighted by molar-refractivity contribution is 7.84. The number of halogens is 1. The lowest BCUT2D eigenvalue weighted by atomic mass is 10.2. The van der Waals surface area contributed by atoms with Crippen molar-refractivity contribution in [1.29, 1.82) is 0 Å². The van der Waals surface area contributed by atoms with Gasteiger partial charge in [-0.2, -0.15) is 0 Å². The quantitative estimate of drug-likeness (QED) is 0.874. The topological polar surface area (TPSA) is 43.1 Å². The Kier molecular flexibility index (Phi) is 4.04. The summed E-state index contributed by atoms with van der Waals surface area (Å²) in [6, 6.07) is 12.9. The van der Waals surface area contributed by atoms with Crippen molar-refractivity contribution in [2.45, 2.75) is 17.6 Å². The lowest BCUT2D eigenvalue weighted by molar-refractivity contribution is 0.682. The van der Waals surface area contributed by atoms with E-state index in [0.29, 0.717) is 16.5 Å². The van der Waals surface area contributed by atoms with E-state index >= 15 is 0 Å². The number of aryl methyl sites for hydroxylation is 1. The largest absolute Gasteiger partial charge is 0.399 e. The molecule has 2 aromatic rings. The third-order valence-electron chi connectivity index (χ3n) is 2.64. The van der Waals surface area contributed by atoms with Crippen molar-refractivity contribution in [3.63, 3.8) is 0 Å². The molecular weight excluding hydrogens is 266 g/mol. The van der Waals surface area contributed by atoms with Gasteiger partial charge in [-0.25, -0.2) is 0 Å². The molecule has 1 unspecified atom stereocenters. The molecule has 0 spiro atoms. The number of hydrogen-bond acceptors (Lipinski definition) is 2. The van der Waals surface area contributed by atoms with Gasteiger partial charge in [-0.1, -0.05) is 29.8 Å². The molecule has 0 saturated carbocycles. The number of nitrogens with two attached hydrogens (primary N) is 1. The van der Waals surface area contributed by atoms with Gasteiger partial charge in [0.25, 0.3) is 0 Å². The Balaban J connectivity index is 2.24. The maximum atomic E-state index is 12.3. The zero-order chi connectivity index (χ0) is 13.1. The average molecular weight is 280 g/mol. The van der Waals surface area contributed by atoms with Crippen LogP contribution in [0.25, 0.3) is 0 Å². The Labute approximate surface area is 114 Å². The number of rotatable bonds is 3. The summed E-state index contributed by atoms with van der Waals surface area (Å²) >= 11 is 5.91. The molecule has 0 aliphatic heterocycles. The Morgan fingerprint density at radius 2 is 2.00 bits per heavy atom. The first-order chi connectivity index (χ1) is 8.56. The van der Waals surface area contributed by atoms with Gasteiger partial charge < -0.3 is 5.73 Å². The average Bonchev–Trinajstić information content (AvgIpc) is 2.32. The molecule has 2 rings (SSSR count). The third-order valence-corrected chi connectivity index (χ3v) is 4.41. The van der Waals surface area contributed by atoms with E-state index in [0.717, 1.165) is 16.0 Å². The highest BCUT2D eigenvalue weighted by Crippen LogP contribution is 2.20. The van der Waals surface area contributed by atoms with Crippen molar-refractivity contribution >= 4 is 28.1 Å². The van der Waals surface area contributed by atoms with Gasteiger partial charge in [0.1, 0.15) is 0 Å². The van der Waals surface area contributed by atoms with Crippen molar-refractivity contribution in [2.24, 2.45) is 0 Å². The number of hydrogen-bond donors (Lipinski definition) is 1. The Bertz CT molecular complexity index is 598. The Hall–Kier alpha value is -1.32. The van der Waals surface area contributed by atoms with Crippen LogP contribution in [0.4, 0.5) is 5.69 Å². The summed E-state index contributed by atoms with van der Waals surface area (Å²) in [5, 5.41) is 0.661. The van der Waals surface area contributed by atoms with Gasteiger partial charge in [0.05, 0.1) is 16.6 Å². The molecule has 94 valence electrons. The molecule has 0 aliphatic rings. The summed E-state index contributed by atoms with van der Waals surface area (Å²) in [7, 11) is -1.10. The van der Waals surface area contributed by atoms with Crippen LogP contribution in [0.3, 0.4) is 0 Å². The van der Waals surface area contributed by atoms with Crippen LogP contribution >= 0.6 is 11.6 Å². The van der Waals surface area contributed by atoms with E-state index in [2.05, 4.69) is 0 Å². The molecule has 18 heavy (non-hydrogen) atoms. The lowest BCUT2D eigenvalue weighted by Crippen LogP contribution is -2.00. The fourth-order valence-corrected chi connectivity index (χ4v) is 3.26. The monoisotopic (exact) mass is 279 g/mol. The fourth-order valence-electron chi connectivity index (χ4n) is 1.72. The van der Waals surface area contributed by atoms with Gasteiger partial charge >= 0.3 is 0 Å². The van der Waals surface area contributed by atoms with Gasteiger partial charge in [-0.05, 0) is 42.3 Å². The van der Waals surface area contributed by atoms with Crippen LogP contribution in [0.2, 0.25) is 5.02 Å². The van der Waals surface area contributed by atoms with Gasteiger partial charge in [0.15, 0.2) is 0 Å². The zero-order valence-electron chi connectivity index (χ0n) is 10.0. The van der Waals surface area contributed by atoms with Crippen LogP contribution < -0.4 is 5.73 Å². The number of nitrogen functional groups attached to an aromatic ring is 1. The molecule has 2 N–H and O–H groups in total. The van der Waals surface area contributed by atoms with Crippen LogP contribution in [0, 0.1) is 6.92 Å². The molecule has 0 heterocycles. The van der Waals surface area contributed by atoms with Gasteiger partial charge in [-0.3, -0.25) is 4.21 Å². The smallest absolute Gasteiger partial charge is 0.0577 e. The number of anilines is 1. The van der Waals surface area contributed by atoms with Crippen LogP contribution in [0.1, 0.15) is 11.1 Å². The van der Waals surface area contributed by atoms with Crippen LogP contribution in [-0.2, 0) is 16.6 Å². The highest BCUT2D eigenvalue weighted by Gasteiger charge is 2.09. The summed E-state index contributed by atoms with van der Waals surface area (Å²) in [4.78, 5) is 0.787. The molecule has 0 aromatic heterocycles. The second kappa shape index (κ2) is 5.55.